The molecule has 8 bridgehead atoms. The third kappa shape index (κ3) is 4.51. The van der Waals surface area contributed by atoms with Gasteiger partial charge in [0, 0.05) is 44.8 Å². The molecule has 240 valence electrons. The Morgan fingerprint density at radius 2 is 0.547 bits per heavy atom. The summed E-state index contributed by atoms with van der Waals surface area (Å²) in [5.74, 6) is 2.15. The van der Waals surface area contributed by atoms with E-state index >= 15 is 0 Å². The first-order valence-electron chi connectivity index (χ1n) is 17.1. The van der Waals surface area contributed by atoms with Crippen LogP contribution in [0.25, 0.3) is 122 Å². The van der Waals surface area contributed by atoms with Crippen LogP contribution in [0.15, 0.2) is 133 Å². The molecule has 2 aliphatic heterocycles. The Kier molecular flexibility index (Phi) is 6.31. The molecule has 10 aromatic rings. The zero-order valence-electron chi connectivity index (χ0n) is 28.0. The zero-order valence-corrected chi connectivity index (χ0v) is 31.0. The molecule has 5 heterocycles. The van der Waals surface area contributed by atoms with Crippen molar-refractivity contribution in [3.05, 3.63) is 133 Å². The van der Waals surface area contributed by atoms with Gasteiger partial charge in [0.1, 0.15) is 0 Å². The Bertz CT molecular complexity index is 3160. The van der Waals surface area contributed by atoms with Crippen molar-refractivity contribution in [2.45, 2.75) is 0 Å². The molecule has 0 fully saturated rings. The van der Waals surface area contributed by atoms with Crippen LogP contribution in [0.3, 0.4) is 0 Å². The van der Waals surface area contributed by atoms with Gasteiger partial charge in [-0.2, -0.15) is 0 Å². The molecule has 0 amide bonds. The van der Waals surface area contributed by atoms with E-state index in [-0.39, 0.29) is 19.5 Å². The molecule has 9 heteroatoms. The minimum Gasteiger partial charge on any atom is -0.357 e. The minimum absolute atomic E-state index is 0. The minimum atomic E-state index is 0. The van der Waals surface area contributed by atoms with Crippen LogP contribution in [0.2, 0.25) is 0 Å². The van der Waals surface area contributed by atoms with E-state index in [0.717, 1.165) is 76.1 Å². The van der Waals surface area contributed by atoms with Gasteiger partial charge in [-0.25, -0.2) is 9.97 Å². The summed E-state index contributed by atoms with van der Waals surface area (Å²) in [4.78, 5) is 41.0. The van der Waals surface area contributed by atoms with E-state index in [2.05, 4.69) is 72.8 Å². The zero-order chi connectivity index (χ0) is 33.9. The van der Waals surface area contributed by atoms with E-state index in [4.69, 9.17) is 39.9 Å². The first-order chi connectivity index (χ1) is 25.7. The molecular weight excluding hydrogens is 706 g/mol. The number of rotatable bonds is 0. The molecule has 8 nitrogen and oxygen atoms in total. The number of fused-ring (bicyclic) bond motifs is 23. The number of benzene rings is 7. The van der Waals surface area contributed by atoms with Crippen LogP contribution < -0.4 is 9.97 Å². The monoisotopic (exact) mass is 726 g/mol. The predicted molar refractivity (Wildman–Crippen MR) is 207 cm³/mol. The largest absolute Gasteiger partial charge is 2.00 e. The summed E-state index contributed by atoms with van der Waals surface area (Å²) in [5.41, 5.74) is 5.69. The van der Waals surface area contributed by atoms with Gasteiger partial charge in [0.05, 0.1) is 23.3 Å². The maximum Gasteiger partial charge on any atom is 2.00 e. The van der Waals surface area contributed by atoms with Gasteiger partial charge in [-0.1, -0.05) is 97.1 Å². The van der Waals surface area contributed by atoms with Crippen LogP contribution in [-0.4, -0.2) is 29.9 Å². The third-order valence-electron chi connectivity index (χ3n) is 10.2. The van der Waals surface area contributed by atoms with Crippen LogP contribution >= 0.6 is 0 Å². The smallest absolute Gasteiger partial charge is 0.357 e. The topological polar surface area (TPSA) is 106 Å². The number of nitrogens with zero attached hydrogens (tertiary/aromatic N) is 8. The fourth-order valence-electron chi connectivity index (χ4n) is 7.67. The number of hydrogen-bond acceptors (Lipinski definition) is 6. The van der Waals surface area contributed by atoms with E-state index < -0.39 is 0 Å². The second kappa shape index (κ2) is 11.1. The fraction of sp³-hybridized carbons (Fsp3) is 0. The van der Waals surface area contributed by atoms with Gasteiger partial charge < -0.3 is 29.9 Å². The third-order valence-corrected chi connectivity index (χ3v) is 10.2. The summed E-state index contributed by atoms with van der Waals surface area (Å²) >= 11 is 0. The molecule has 0 spiro atoms. The van der Waals surface area contributed by atoms with Crippen molar-refractivity contribution in [3.63, 3.8) is 0 Å². The van der Waals surface area contributed by atoms with Gasteiger partial charge in [-0.3, -0.25) is 0 Å². The molecule has 0 radical (unpaired) electrons. The Morgan fingerprint density at radius 3 is 0.868 bits per heavy atom. The van der Waals surface area contributed by atoms with E-state index in [1.54, 1.807) is 0 Å². The van der Waals surface area contributed by atoms with Crippen LogP contribution in [0.4, 0.5) is 0 Å². The predicted octanol–water partition coefficient (Wildman–Crippen LogP) is 9.58. The summed E-state index contributed by atoms with van der Waals surface area (Å²) in [6, 6.07) is 45.7. The van der Waals surface area contributed by atoms with Crippen LogP contribution in [0.5, 0.6) is 0 Å². The average Bonchev–Trinajstić information content (AvgIpc) is 3.90. The van der Waals surface area contributed by atoms with Crippen molar-refractivity contribution < 1.29 is 19.5 Å². The summed E-state index contributed by atoms with van der Waals surface area (Å²) < 4.78 is 0. The Balaban J connectivity index is 0.00000331. The molecule has 0 atom stereocenters. The summed E-state index contributed by atoms with van der Waals surface area (Å²) in [5, 5.41) is 10.1. The molecule has 0 unspecified atom stereocenters. The summed E-state index contributed by atoms with van der Waals surface area (Å²) in [7, 11) is 0. The van der Waals surface area contributed by atoms with Crippen molar-refractivity contribution in [2.75, 3.05) is 0 Å². The van der Waals surface area contributed by atoms with E-state index in [1.165, 1.54) is 0 Å². The number of hydrogen-bond donors (Lipinski definition) is 0. The maximum atomic E-state index is 5.20. The molecule has 53 heavy (non-hydrogen) atoms. The molecular formula is C44H22N8Zn. The molecule has 0 saturated heterocycles. The first kappa shape index (κ1) is 30.0. The van der Waals surface area contributed by atoms with Gasteiger partial charge in [-0.05, 0) is 90.3 Å². The molecule has 0 aliphatic carbocycles. The van der Waals surface area contributed by atoms with Gasteiger partial charge in [0.25, 0.3) is 0 Å². The molecule has 12 rings (SSSR count). The first-order valence-corrected chi connectivity index (χ1v) is 17.1. The van der Waals surface area contributed by atoms with Crippen LogP contribution in [0, 0.1) is 0 Å². The number of aromatic nitrogens is 8. The van der Waals surface area contributed by atoms with E-state index in [0.29, 0.717) is 45.9 Å². The van der Waals surface area contributed by atoms with E-state index in [1.807, 2.05) is 60.7 Å². The SMILES string of the molecule is [Zn+2].c1ccc2c(c1)-c1nc-2nc2[n-]c(nc3nc(nc4[n-]c(n1)c1cc5ccccc5cc41)-c1cc4ccccc4cc1-3)c1cc3ccccc3cc21. The second-order valence-electron chi connectivity index (χ2n) is 13.3. The molecule has 2 aliphatic rings. The Morgan fingerprint density at radius 1 is 0.283 bits per heavy atom. The van der Waals surface area contributed by atoms with Crippen molar-refractivity contribution in [2.24, 2.45) is 0 Å². The molecule has 0 saturated carbocycles. The van der Waals surface area contributed by atoms with Crippen LogP contribution in [0.1, 0.15) is 0 Å². The van der Waals surface area contributed by atoms with Crippen molar-refractivity contribution in [1.82, 2.24) is 39.9 Å². The average molecular weight is 728 g/mol. The quantitative estimate of drug-likeness (QED) is 0.142. The molecule has 3 aromatic heterocycles. The summed E-state index contributed by atoms with van der Waals surface area (Å²) in [6.45, 7) is 0. The normalized spacial score (nSPS) is 12.0. The molecule has 0 N–H and O–H groups in total. The van der Waals surface area contributed by atoms with Gasteiger partial charge in [0.2, 0.25) is 0 Å². The van der Waals surface area contributed by atoms with E-state index in [9.17, 15) is 0 Å². The summed E-state index contributed by atoms with van der Waals surface area (Å²) in [6.07, 6.45) is 0. The van der Waals surface area contributed by atoms with Crippen molar-refractivity contribution >= 4 is 76.5 Å². The Hall–Kier alpha value is -6.70. The maximum absolute atomic E-state index is 5.20. The Labute approximate surface area is 313 Å². The second-order valence-corrected chi connectivity index (χ2v) is 13.3. The van der Waals surface area contributed by atoms with Crippen LogP contribution in [-0.2, 0) is 19.5 Å². The van der Waals surface area contributed by atoms with Crippen molar-refractivity contribution in [3.8, 4) is 45.6 Å². The molecule has 7 aromatic carbocycles. The standard InChI is InChI=1S/C44H22N8.Zn/c1-3-11-25-19-33-31(17-23(25)9-1)39-46-37-29-15-7-8-16-30(29)38(45-37)47-40-32-18-24-10-2-4-12-26(24)20-34(32)42(49-40)51-44-36-22-28-14-6-5-13-27(28)21-35(36)43(52-44)50-41(33)48-39;/h1-22H;/q-2;+2. The van der Waals surface area contributed by atoms with Gasteiger partial charge in [0.15, 0.2) is 0 Å². The van der Waals surface area contributed by atoms with Gasteiger partial charge >= 0.3 is 19.5 Å². The van der Waals surface area contributed by atoms with Crippen molar-refractivity contribution in [1.29, 1.82) is 0 Å². The fourth-order valence-corrected chi connectivity index (χ4v) is 7.67. The van der Waals surface area contributed by atoms with Gasteiger partial charge in [-0.15, -0.1) is 0 Å².